The van der Waals surface area contributed by atoms with Gasteiger partial charge in [-0.2, -0.15) is 0 Å². The fraction of sp³-hybridized carbons (Fsp3) is 0.571. The van der Waals surface area contributed by atoms with Crippen LogP contribution in [-0.2, 0) is 22.7 Å². The van der Waals surface area contributed by atoms with Crippen LogP contribution < -0.4 is 11.1 Å². The van der Waals surface area contributed by atoms with E-state index in [1.165, 1.54) is 12.8 Å². The van der Waals surface area contributed by atoms with Crippen molar-refractivity contribution in [3.8, 4) is 0 Å². The average Bonchev–Trinajstić information content (AvgIpc) is 3.33. The van der Waals surface area contributed by atoms with Gasteiger partial charge < -0.3 is 10.6 Å². The molecule has 1 aromatic rings. The lowest BCUT2D eigenvalue weighted by atomic mass is 9.89. The van der Waals surface area contributed by atoms with Crippen molar-refractivity contribution in [2.75, 3.05) is 6.54 Å². The lowest BCUT2D eigenvalue weighted by molar-refractivity contribution is -0.136. The van der Waals surface area contributed by atoms with Gasteiger partial charge in [-0.3, -0.25) is 24.6 Å². The van der Waals surface area contributed by atoms with E-state index in [9.17, 15) is 14.4 Å². The zero-order valence-electron chi connectivity index (χ0n) is 15.9. The van der Waals surface area contributed by atoms with Gasteiger partial charge in [0.1, 0.15) is 6.04 Å². The Labute approximate surface area is 164 Å². The average molecular weight is 382 g/mol. The molecule has 4 aliphatic heterocycles. The molecule has 7 heteroatoms. The molecular formula is C21H26N4O3. The maximum atomic E-state index is 13.2. The van der Waals surface area contributed by atoms with E-state index in [0.717, 1.165) is 36.2 Å². The summed E-state index contributed by atoms with van der Waals surface area (Å²) in [7, 11) is 0. The number of rotatable bonds is 4. The van der Waals surface area contributed by atoms with E-state index in [4.69, 9.17) is 5.73 Å². The van der Waals surface area contributed by atoms with Crippen molar-refractivity contribution in [3.63, 3.8) is 0 Å². The van der Waals surface area contributed by atoms with Gasteiger partial charge in [0.15, 0.2) is 0 Å². The predicted molar refractivity (Wildman–Crippen MR) is 102 cm³/mol. The SMILES string of the molecule is NC[C@@H]1C[C@H]2CC[C@@H]1N2Cc1cccc2c1C(=O)N(C1CCC(=O)NC1=O)C2. The minimum Gasteiger partial charge on any atom is -0.330 e. The van der Waals surface area contributed by atoms with Crippen molar-refractivity contribution < 1.29 is 14.4 Å². The lowest BCUT2D eigenvalue weighted by Crippen LogP contribution is -2.52. The highest BCUT2D eigenvalue weighted by Gasteiger charge is 2.46. The molecule has 0 spiro atoms. The normalized spacial score (nSPS) is 32.2. The molecule has 1 unspecified atom stereocenters. The Hall–Kier alpha value is -2.25. The van der Waals surface area contributed by atoms with Crippen LogP contribution >= 0.6 is 0 Å². The van der Waals surface area contributed by atoms with E-state index in [0.29, 0.717) is 31.0 Å². The second-order valence-corrected chi connectivity index (χ2v) is 8.55. The van der Waals surface area contributed by atoms with E-state index in [2.05, 4.69) is 10.2 Å². The predicted octanol–water partition coefficient (Wildman–Crippen LogP) is 0.759. The van der Waals surface area contributed by atoms with E-state index >= 15 is 0 Å². The third-order valence-corrected chi connectivity index (χ3v) is 7.10. The van der Waals surface area contributed by atoms with Gasteiger partial charge in [0.25, 0.3) is 5.91 Å². The second kappa shape index (κ2) is 6.67. The molecule has 1 aromatic carbocycles. The van der Waals surface area contributed by atoms with Crippen molar-refractivity contribution in [2.45, 2.75) is 63.3 Å². The standard InChI is InChI=1S/C21H26N4O3/c22-9-14-8-15-4-5-16(14)24(15)10-12-2-1-3-13-11-25(21(28)19(12)13)17-6-7-18(26)23-20(17)27/h1-3,14-17H,4-11,22H2,(H,23,26,27)/t14-,15+,16-,17?/m0/s1. The number of nitrogens with zero attached hydrogens (tertiary/aromatic N) is 2. The fourth-order valence-corrected chi connectivity index (χ4v) is 5.75. The molecule has 5 rings (SSSR count). The van der Waals surface area contributed by atoms with Gasteiger partial charge in [0.05, 0.1) is 0 Å². The summed E-state index contributed by atoms with van der Waals surface area (Å²) in [5, 5.41) is 2.37. The third-order valence-electron chi connectivity index (χ3n) is 7.10. The van der Waals surface area contributed by atoms with Crippen LogP contribution in [0.15, 0.2) is 18.2 Å². The van der Waals surface area contributed by atoms with Crippen LogP contribution in [0.25, 0.3) is 0 Å². The molecule has 0 saturated carbocycles. The molecule has 4 heterocycles. The Morgan fingerprint density at radius 1 is 1.14 bits per heavy atom. The highest BCUT2D eigenvalue weighted by atomic mass is 16.2. The summed E-state index contributed by atoms with van der Waals surface area (Å²) < 4.78 is 0. The molecule has 3 saturated heterocycles. The number of fused-ring (bicyclic) bond motifs is 3. The van der Waals surface area contributed by atoms with Gasteiger partial charge in [-0.15, -0.1) is 0 Å². The van der Waals surface area contributed by atoms with E-state index in [-0.39, 0.29) is 24.1 Å². The summed E-state index contributed by atoms with van der Waals surface area (Å²) in [6.45, 7) is 1.93. The van der Waals surface area contributed by atoms with Gasteiger partial charge in [0, 0.05) is 37.2 Å². The third kappa shape index (κ3) is 2.68. The van der Waals surface area contributed by atoms with Gasteiger partial charge in [0.2, 0.25) is 11.8 Å². The van der Waals surface area contributed by atoms with Crippen molar-refractivity contribution in [3.05, 3.63) is 34.9 Å². The van der Waals surface area contributed by atoms with Gasteiger partial charge in [-0.05, 0) is 49.3 Å². The second-order valence-electron chi connectivity index (χ2n) is 8.55. The monoisotopic (exact) mass is 382 g/mol. The molecule has 0 radical (unpaired) electrons. The minimum atomic E-state index is -0.560. The van der Waals surface area contributed by atoms with Crippen LogP contribution in [0.1, 0.15) is 53.6 Å². The van der Waals surface area contributed by atoms with Gasteiger partial charge in [-0.25, -0.2) is 0 Å². The maximum absolute atomic E-state index is 13.2. The Morgan fingerprint density at radius 3 is 2.75 bits per heavy atom. The van der Waals surface area contributed by atoms with E-state index in [1.54, 1.807) is 4.90 Å². The molecule has 0 aromatic heterocycles. The zero-order chi connectivity index (χ0) is 19.4. The number of hydrogen-bond acceptors (Lipinski definition) is 5. The van der Waals surface area contributed by atoms with E-state index in [1.807, 2.05) is 18.2 Å². The molecule has 148 valence electrons. The number of hydrogen-bond donors (Lipinski definition) is 2. The Kier molecular flexibility index (Phi) is 4.25. The number of amides is 3. The van der Waals surface area contributed by atoms with Gasteiger partial charge >= 0.3 is 0 Å². The molecule has 4 atom stereocenters. The summed E-state index contributed by atoms with van der Waals surface area (Å²) in [6.07, 6.45) is 4.24. The molecule has 4 aliphatic rings. The summed E-state index contributed by atoms with van der Waals surface area (Å²) in [5.41, 5.74) is 8.74. The molecule has 3 N–H and O–H groups in total. The highest BCUT2D eigenvalue weighted by Crippen LogP contribution is 2.43. The Morgan fingerprint density at radius 2 is 2.00 bits per heavy atom. The van der Waals surface area contributed by atoms with Crippen LogP contribution in [-0.4, -0.2) is 52.2 Å². The Bertz CT molecular complexity index is 854. The fourth-order valence-electron chi connectivity index (χ4n) is 5.75. The number of nitrogens with two attached hydrogens (primary N) is 1. The molecule has 0 aliphatic carbocycles. The topological polar surface area (TPSA) is 95.7 Å². The number of carbonyl (C=O) groups excluding carboxylic acids is 3. The molecule has 7 nitrogen and oxygen atoms in total. The summed E-state index contributed by atoms with van der Waals surface area (Å²) in [4.78, 5) is 41.1. The number of benzene rings is 1. The molecular weight excluding hydrogens is 356 g/mol. The first kappa shape index (κ1) is 17.8. The van der Waals surface area contributed by atoms with Crippen LogP contribution in [0.5, 0.6) is 0 Å². The van der Waals surface area contributed by atoms with Crippen molar-refractivity contribution in [1.82, 2.24) is 15.1 Å². The Balaban J connectivity index is 1.39. The van der Waals surface area contributed by atoms with Crippen LogP contribution in [0, 0.1) is 5.92 Å². The first-order chi connectivity index (χ1) is 13.6. The molecule has 3 amide bonds. The molecule has 28 heavy (non-hydrogen) atoms. The minimum absolute atomic E-state index is 0.0815. The summed E-state index contributed by atoms with van der Waals surface area (Å²) in [6, 6.07) is 6.55. The van der Waals surface area contributed by atoms with Crippen LogP contribution in [0.4, 0.5) is 0 Å². The summed E-state index contributed by atoms with van der Waals surface area (Å²) in [5.74, 6) is -0.138. The molecule has 3 fully saturated rings. The number of imide groups is 1. The zero-order valence-corrected chi connectivity index (χ0v) is 15.9. The smallest absolute Gasteiger partial charge is 0.255 e. The summed E-state index contributed by atoms with van der Waals surface area (Å²) >= 11 is 0. The van der Waals surface area contributed by atoms with Gasteiger partial charge in [-0.1, -0.05) is 18.2 Å². The number of carbonyl (C=O) groups is 3. The van der Waals surface area contributed by atoms with Crippen molar-refractivity contribution in [1.29, 1.82) is 0 Å². The van der Waals surface area contributed by atoms with E-state index < -0.39 is 6.04 Å². The van der Waals surface area contributed by atoms with Crippen LogP contribution in [0.2, 0.25) is 0 Å². The lowest BCUT2D eigenvalue weighted by Gasteiger charge is -2.29. The van der Waals surface area contributed by atoms with Crippen LogP contribution in [0.3, 0.4) is 0 Å². The van der Waals surface area contributed by atoms with Crippen molar-refractivity contribution >= 4 is 17.7 Å². The number of piperidine rings is 1. The number of nitrogens with one attached hydrogen (secondary N) is 1. The first-order valence-electron chi connectivity index (χ1n) is 10.3. The highest BCUT2D eigenvalue weighted by molar-refractivity contribution is 6.06. The maximum Gasteiger partial charge on any atom is 0.255 e. The molecule has 2 bridgehead atoms. The first-order valence-corrected chi connectivity index (χ1v) is 10.3. The van der Waals surface area contributed by atoms with Crippen molar-refractivity contribution in [2.24, 2.45) is 11.7 Å². The largest absolute Gasteiger partial charge is 0.330 e. The quantitative estimate of drug-likeness (QED) is 0.750.